The third-order valence-corrected chi connectivity index (χ3v) is 34.3. The molecule has 0 spiro atoms. The highest BCUT2D eigenvalue weighted by Crippen LogP contribution is 2.66. The molecule has 1 aromatic heterocycles. The van der Waals surface area contributed by atoms with Crippen LogP contribution in [0.25, 0.3) is 109 Å². The predicted octanol–water partition coefficient (Wildman–Crippen LogP) is 29.8. The fraction of sp³-hybridized carbons (Fsp3) is 0.223. The van der Waals surface area contributed by atoms with Crippen LogP contribution >= 0.6 is 11.3 Å². The van der Waals surface area contributed by atoms with Crippen LogP contribution in [-0.4, -0.2) is 19.7 Å². The highest BCUT2D eigenvalue weighted by atomic mass is 32.1. The molecule has 4 aliphatic carbocycles. The average Bonchev–Trinajstić information content (AvgIpc) is 1.33. The summed E-state index contributed by atoms with van der Waals surface area (Å²) in [6.07, 6.45) is 10.3. The molecule has 15 aromatic carbocycles. The van der Waals surface area contributed by atoms with Gasteiger partial charge in [-0.3, -0.25) is 0 Å². The Kier molecular flexibility index (Phi) is 15.7. The largest absolute Gasteiger partial charge is 0.376 e. The van der Waals surface area contributed by atoms with Gasteiger partial charge in [-0.15, -0.1) is 11.3 Å². The van der Waals surface area contributed by atoms with Crippen molar-refractivity contribution in [1.82, 2.24) is 0 Å². The van der Waals surface area contributed by atoms with Gasteiger partial charge in [-0.05, 0) is 276 Å². The smallest absolute Gasteiger partial charge is 0.333 e. The van der Waals surface area contributed by atoms with Gasteiger partial charge in [0.25, 0.3) is 0 Å². The molecule has 2 unspecified atom stereocenters. The van der Waals surface area contributed by atoms with E-state index in [1.165, 1.54) is 234 Å². The third-order valence-electron chi connectivity index (χ3n) is 33.1. The van der Waals surface area contributed by atoms with E-state index in [0.717, 1.165) is 12.8 Å². The van der Waals surface area contributed by atoms with Gasteiger partial charge in [-0.1, -0.05) is 334 Å². The topological polar surface area (TPSA) is 13.0 Å². The molecule has 10 aliphatic rings. The van der Waals surface area contributed by atoms with Crippen molar-refractivity contribution >= 4 is 118 Å². The fourth-order valence-electron chi connectivity index (χ4n) is 26.1. The molecule has 128 heavy (non-hydrogen) atoms. The molecule has 1 saturated carbocycles. The lowest BCUT2D eigenvalue weighted by Gasteiger charge is -2.58. The minimum absolute atomic E-state index is 0.0209. The van der Waals surface area contributed by atoms with Crippen molar-refractivity contribution in [1.29, 1.82) is 0 Å². The third kappa shape index (κ3) is 10.5. The maximum atomic E-state index is 2.95. The number of para-hydroxylation sites is 3. The van der Waals surface area contributed by atoms with Crippen LogP contribution in [0.3, 0.4) is 0 Å². The molecule has 4 nitrogen and oxygen atoms in total. The second-order valence-corrected chi connectivity index (χ2v) is 44.2. The lowest BCUT2D eigenvalue weighted by atomic mass is 9.41. The molecular weight excluding hydrogens is 1560 g/mol. The molecule has 0 N–H and O–H groups in total. The molecule has 7 heteroatoms. The Balaban J connectivity index is 0.677. The van der Waals surface area contributed by atoms with Gasteiger partial charge < -0.3 is 19.4 Å². The van der Waals surface area contributed by atoms with Gasteiger partial charge in [0.1, 0.15) is 0 Å². The first-order chi connectivity index (χ1) is 61.7. The summed E-state index contributed by atoms with van der Waals surface area (Å²) in [5.74, 6) is 0.226. The van der Waals surface area contributed by atoms with Crippen molar-refractivity contribution in [3.8, 4) is 89.0 Å². The maximum absolute atomic E-state index is 2.95. The van der Waals surface area contributed by atoms with Crippen molar-refractivity contribution < 1.29 is 0 Å². The zero-order chi connectivity index (χ0) is 86.7. The van der Waals surface area contributed by atoms with Gasteiger partial charge >= 0.3 is 13.7 Å². The summed E-state index contributed by atoms with van der Waals surface area (Å²) < 4.78 is 2.60. The van der Waals surface area contributed by atoms with Crippen LogP contribution in [0.15, 0.2) is 327 Å². The molecule has 0 amide bonds. The summed E-state index contributed by atoms with van der Waals surface area (Å²) in [7, 11) is 0. The van der Waals surface area contributed by atoms with Gasteiger partial charge in [-0.25, -0.2) is 0 Å². The van der Waals surface area contributed by atoms with E-state index >= 15 is 0 Å². The van der Waals surface area contributed by atoms with Crippen molar-refractivity contribution in [2.45, 2.75) is 156 Å². The van der Waals surface area contributed by atoms with Crippen molar-refractivity contribution in [2.24, 2.45) is 16.7 Å². The Labute approximate surface area is 759 Å². The van der Waals surface area contributed by atoms with E-state index in [2.05, 4.69) is 432 Å². The summed E-state index contributed by atoms with van der Waals surface area (Å²) in [5.41, 5.74) is 49.3. The Bertz CT molecular complexity index is 7660. The minimum atomic E-state index is -0.328. The van der Waals surface area contributed by atoms with Gasteiger partial charge in [-0.2, -0.15) is 0 Å². The molecule has 7 heterocycles. The SMILES string of the molecule is CC1(C)CCC(C)(C)C2=CC3C(C=C21)N1c2c(cccc2C3(C)C)B2c3c(cc4c(c31)C(C)(C)c1ccccc1-4)-c1ccccc1N2c1cc(-c2ccccc2)cc(-c2cccc(-c3ccc4c(c3)sc3c5c6c(cc34)-c3cc(-c4ccccc4)ccc3N(c3cccc(-c4ccccc4)c3)B6c3cccc4c3N5c3cc5c(cc3C4(C)C)C(C)(C)CCC5(C)C)c2)c1. The van der Waals surface area contributed by atoms with E-state index in [9.17, 15) is 0 Å². The molecule has 0 radical (unpaired) electrons. The first-order valence-electron chi connectivity index (χ1n) is 46.9. The summed E-state index contributed by atoms with van der Waals surface area (Å²) in [5, 5.41) is 2.57. The van der Waals surface area contributed by atoms with E-state index in [1.54, 1.807) is 11.1 Å². The Morgan fingerprint density at radius 1 is 0.297 bits per heavy atom. The second-order valence-electron chi connectivity index (χ2n) is 43.1. The summed E-state index contributed by atoms with van der Waals surface area (Å²) in [4.78, 5) is 11.3. The highest BCUT2D eigenvalue weighted by Gasteiger charge is 2.59. The zero-order valence-electron chi connectivity index (χ0n) is 75.9. The molecule has 2 atom stereocenters. The molecule has 620 valence electrons. The number of fused-ring (bicyclic) bond motifs is 22. The van der Waals surface area contributed by atoms with Crippen LogP contribution < -0.4 is 41.3 Å². The second kappa shape index (κ2) is 26.3. The predicted molar refractivity (Wildman–Crippen MR) is 546 cm³/mol. The number of allylic oxidation sites excluding steroid dienone is 2. The standard InChI is InChI=1S/C121H104B2N4S/c1-115(2)54-56-117(5,6)96-69-104-98(67-94(96)115)119(9,10)92-45-30-47-100-110(92)124(104)112-107-87(83-42-24-26-44-91(83)121(107,13)14)65-88-84-43-25-27-49-102(84)127(122(100)108(88)112)82-61-79(73-36-22-17-23-37-73)59-80(62-82)75-39-28-38-74(58-75)78-50-52-85-90-66-89-86-63-77(72-34-20-16-21-35-72)51-53-103(86)126(81-41-29-40-76(60-81)71-32-18-15-19-33-71)123-101-48-31-46-93-111(101)125(113(109(89)123)114(90)128-106(85)64-78)105-70-97-95(68-99(105)120(93,11)12)116(3,4)55-57-118(97,7)8/h15-53,58-70,98,104H,54-57H2,1-14H3. The van der Waals surface area contributed by atoms with Gasteiger partial charge in [0, 0.05) is 88.6 Å². The quantitative estimate of drug-likeness (QED) is 0.147. The Morgan fingerprint density at radius 3 is 1.50 bits per heavy atom. The van der Waals surface area contributed by atoms with E-state index in [4.69, 9.17) is 0 Å². The molecule has 0 bridgehead atoms. The van der Waals surface area contributed by atoms with Crippen LogP contribution in [0.1, 0.15) is 162 Å². The average molecular weight is 1670 g/mol. The first-order valence-corrected chi connectivity index (χ1v) is 47.7. The lowest BCUT2D eigenvalue weighted by Crippen LogP contribution is -2.66. The zero-order valence-corrected chi connectivity index (χ0v) is 76.7. The van der Waals surface area contributed by atoms with Gasteiger partial charge in [0.2, 0.25) is 0 Å². The van der Waals surface area contributed by atoms with Gasteiger partial charge in [0.05, 0.1) is 22.1 Å². The normalized spacial score (nSPS) is 19.3. The number of nitrogens with zero attached hydrogens (tertiary/aromatic N) is 4. The van der Waals surface area contributed by atoms with Crippen LogP contribution in [-0.2, 0) is 27.1 Å². The van der Waals surface area contributed by atoms with Crippen molar-refractivity contribution in [3.63, 3.8) is 0 Å². The van der Waals surface area contributed by atoms with Crippen molar-refractivity contribution in [2.75, 3.05) is 19.4 Å². The number of hydrogen-bond donors (Lipinski definition) is 0. The van der Waals surface area contributed by atoms with Crippen LogP contribution in [0.5, 0.6) is 0 Å². The molecule has 0 saturated heterocycles. The van der Waals surface area contributed by atoms with Gasteiger partial charge in [0.15, 0.2) is 0 Å². The number of anilines is 9. The van der Waals surface area contributed by atoms with E-state index < -0.39 is 0 Å². The van der Waals surface area contributed by atoms with Crippen LogP contribution in [0.2, 0.25) is 0 Å². The van der Waals surface area contributed by atoms with Crippen molar-refractivity contribution in [3.05, 3.63) is 366 Å². The molecular formula is C121H104B2N4S. The summed E-state index contributed by atoms with van der Waals surface area (Å²) >= 11 is 1.99. The fourth-order valence-corrected chi connectivity index (χ4v) is 27.4. The van der Waals surface area contributed by atoms with E-state index in [-0.39, 0.29) is 63.6 Å². The van der Waals surface area contributed by atoms with E-state index in [1.807, 2.05) is 11.3 Å². The minimum Gasteiger partial charge on any atom is -0.376 e. The van der Waals surface area contributed by atoms with Crippen LogP contribution in [0.4, 0.5) is 51.2 Å². The lowest BCUT2D eigenvalue weighted by molar-refractivity contribution is 0.241. The van der Waals surface area contributed by atoms with Crippen LogP contribution in [0, 0.1) is 16.7 Å². The summed E-state index contributed by atoms with van der Waals surface area (Å²) in [6.45, 7) is 35.0. The Hall–Kier alpha value is -12.7. The highest BCUT2D eigenvalue weighted by molar-refractivity contribution is 7.26. The number of thiophene rings is 1. The maximum Gasteiger partial charge on any atom is 0.333 e. The summed E-state index contributed by atoms with van der Waals surface area (Å²) in [6, 6.07) is 119. The first kappa shape index (κ1) is 76.6. The molecule has 6 aliphatic heterocycles. The monoisotopic (exact) mass is 1670 g/mol. The number of hydrogen-bond acceptors (Lipinski definition) is 5. The molecule has 26 rings (SSSR count). The number of rotatable bonds is 7. The molecule has 16 aromatic rings. The molecule has 1 fully saturated rings. The Morgan fingerprint density at radius 2 is 0.797 bits per heavy atom. The van der Waals surface area contributed by atoms with E-state index in [0.29, 0.717) is 0 Å². The number of benzene rings is 15.